The molecule has 4 heterocycles. The van der Waals surface area contributed by atoms with Gasteiger partial charge < -0.3 is 15.2 Å². The van der Waals surface area contributed by atoms with Crippen molar-refractivity contribution in [1.82, 2.24) is 24.5 Å². The van der Waals surface area contributed by atoms with Crippen LogP contribution in [0.4, 0.5) is 24.7 Å². The molecule has 6 aromatic rings. The molecule has 0 radical (unpaired) electrons. The molecule has 216 valence electrons. The van der Waals surface area contributed by atoms with Crippen molar-refractivity contribution in [1.29, 1.82) is 0 Å². The van der Waals surface area contributed by atoms with Crippen molar-refractivity contribution in [3.05, 3.63) is 109 Å². The van der Waals surface area contributed by atoms with Crippen LogP contribution in [0.1, 0.15) is 22.3 Å². The van der Waals surface area contributed by atoms with E-state index in [1.807, 2.05) is 35.0 Å². The van der Waals surface area contributed by atoms with E-state index < -0.39 is 17.6 Å². The van der Waals surface area contributed by atoms with Gasteiger partial charge in [0, 0.05) is 58.8 Å². The number of nitrogens with one attached hydrogen (secondary N) is 2. The largest absolute Gasteiger partial charge is 0.416 e. The molecule has 1 amide bonds. The number of rotatable bonds is 9. The smallest absolute Gasteiger partial charge is 0.370 e. The van der Waals surface area contributed by atoms with E-state index in [1.165, 1.54) is 29.8 Å². The number of pyridine rings is 1. The third-order valence-corrected chi connectivity index (χ3v) is 7.77. The van der Waals surface area contributed by atoms with E-state index in [-0.39, 0.29) is 5.56 Å². The summed E-state index contributed by atoms with van der Waals surface area (Å²) in [5, 5.41) is 6.91. The summed E-state index contributed by atoms with van der Waals surface area (Å²) in [7, 11) is 0. The van der Waals surface area contributed by atoms with E-state index in [0.29, 0.717) is 11.4 Å². The van der Waals surface area contributed by atoms with Gasteiger partial charge in [0.25, 0.3) is 5.91 Å². The zero-order valence-electron chi connectivity index (χ0n) is 22.5. The summed E-state index contributed by atoms with van der Waals surface area (Å²) in [5.74, 6) is 0.133. The van der Waals surface area contributed by atoms with Gasteiger partial charge >= 0.3 is 6.18 Å². The number of aromatic nitrogens is 5. The van der Waals surface area contributed by atoms with Gasteiger partial charge in [-0.15, -0.1) is 11.3 Å². The van der Waals surface area contributed by atoms with Crippen LogP contribution in [0.2, 0.25) is 0 Å². The van der Waals surface area contributed by atoms with Crippen LogP contribution in [0.25, 0.3) is 31.9 Å². The quantitative estimate of drug-likeness (QED) is 0.168. The molecule has 0 saturated heterocycles. The molecule has 0 unspecified atom stereocenters. The van der Waals surface area contributed by atoms with Gasteiger partial charge in [0.1, 0.15) is 17.0 Å². The molecule has 8 nitrogen and oxygen atoms in total. The van der Waals surface area contributed by atoms with Gasteiger partial charge in [-0.2, -0.15) is 13.2 Å². The Morgan fingerprint density at radius 1 is 0.930 bits per heavy atom. The number of hydrogen-bond donors (Lipinski definition) is 2. The van der Waals surface area contributed by atoms with Gasteiger partial charge in [0.15, 0.2) is 0 Å². The second-order valence-corrected chi connectivity index (χ2v) is 10.7. The van der Waals surface area contributed by atoms with E-state index >= 15 is 0 Å². The Labute approximate surface area is 248 Å². The molecule has 2 aromatic carbocycles. The maximum atomic E-state index is 13.1. The summed E-state index contributed by atoms with van der Waals surface area (Å²) in [5.41, 5.74) is 1.86. The van der Waals surface area contributed by atoms with Gasteiger partial charge in [0.2, 0.25) is 0 Å². The minimum atomic E-state index is -4.54. The first kappa shape index (κ1) is 28.0. The number of carbonyl (C=O) groups excluding carboxylic acids is 1. The summed E-state index contributed by atoms with van der Waals surface area (Å²) in [4.78, 5) is 32.0. The van der Waals surface area contributed by atoms with Gasteiger partial charge in [-0.1, -0.05) is 18.2 Å². The molecule has 0 aliphatic rings. The molecule has 4 aromatic heterocycles. The number of thiophene rings is 1. The van der Waals surface area contributed by atoms with Gasteiger partial charge in [-0.25, -0.2) is 19.9 Å². The van der Waals surface area contributed by atoms with Crippen molar-refractivity contribution < 1.29 is 18.0 Å². The van der Waals surface area contributed by atoms with Crippen molar-refractivity contribution in [3.63, 3.8) is 0 Å². The molecule has 0 bridgehead atoms. The number of amides is 1. The number of hydrogen-bond acceptors (Lipinski definition) is 7. The Balaban J connectivity index is 1.20. The van der Waals surface area contributed by atoms with Crippen molar-refractivity contribution in [2.75, 3.05) is 17.2 Å². The highest BCUT2D eigenvalue weighted by molar-refractivity contribution is 7.21. The lowest BCUT2D eigenvalue weighted by Gasteiger charge is -2.10. The zero-order chi connectivity index (χ0) is 29.8. The molecule has 0 saturated carbocycles. The fourth-order valence-corrected chi connectivity index (χ4v) is 5.58. The maximum Gasteiger partial charge on any atom is 0.416 e. The van der Waals surface area contributed by atoms with Crippen molar-refractivity contribution in [2.45, 2.75) is 19.1 Å². The standard InChI is InChI=1S/C31H24F3N7OS/c32-31(33,34)23-6-1-5-22(14-23)29(42)40-24-7-2-4-21(15-24)28-25-17-26(43-30(25)39-18-38-28)20-8-10-37-27(16-20)36-9-3-12-41-13-11-35-19-41/h1-2,4-8,10-11,13-19H,3,9,12H2,(H,36,37)(H,40,42). The number of carbonyl (C=O) groups is 1. The summed E-state index contributed by atoms with van der Waals surface area (Å²) in [6.45, 7) is 1.62. The third-order valence-electron chi connectivity index (χ3n) is 6.68. The first-order chi connectivity index (χ1) is 20.8. The average molecular weight is 600 g/mol. The first-order valence-electron chi connectivity index (χ1n) is 13.3. The molecule has 12 heteroatoms. The second kappa shape index (κ2) is 12.0. The van der Waals surface area contributed by atoms with Crippen LogP contribution in [0.5, 0.6) is 0 Å². The summed E-state index contributed by atoms with van der Waals surface area (Å²) in [6, 6.07) is 17.3. The Morgan fingerprint density at radius 3 is 2.65 bits per heavy atom. The van der Waals surface area contributed by atoms with Crippen LogP contribution >= 0.6 is 11.3 Å². The van der Waals surface area contributed by atoms with Crippen LogP contribution in [-0.4, -0.2) is 37.0 Å². The highest BCUT2D eigenvalue weighted by Crippen LogP contribution is 2.37. The first-order valence-corrected chi connectivity index (χ1v) is 14.1. The van der Waals surface area contributed by atoms with Crippen molar-refractivity contribution in [3.8, 4) is 21.7 Å². The van der Waals surface area contributed by atoms with E-state index in [2.05, 4.69) is 30.6 Å². The molecule has 0 spiro atoms. The van der Waals surface area contributed by atoms with Crippen LogP contribution in [-0.2, 0) is 12.7 Å². The lowest BCUT2D eigenvalue weighted by molar-refractivity contribution is -0.137. The molecule has 43 heavy (non-hydrogen) atoms. The Bertz CT molecular complexity index is 1890. The van der Waals surface area contributed by atoms with Gasteiger partial charge in [-0.05, 0) is 60.5 Å². The normalized spacial score (nSPS) is 11.5. The van der Waals surface area contributed by atoms with Crippen LogP contribution in [0.3, 0.4) is 0 Å². The van der Waals surface area contributed by atoms with Crippen LogP contribution in [0, 0.1) is 0 Å². The number of alkyl halides is 3. The molecular weight excluding hydrogens is 575 g/mol. The molecule has 6 rings (SSSR count). The minimum absolute atomic E-state index is 0.0865. The van der Waals surface area contributed by atoms with Gasteiger partial charge in [-0.3, -0.25) is 4.79 Å². The van der Waals surface area contributed by atoms with E-state index in [0.717, 1.165) is 63.7 Å². The summed E-state index contributed by atoms with van der Waals surface area (Å²) < 4.78 is 41.4. The summed E-state index contributed by atoms with van der Waals surface area (Å²) in [6.07, 6.45) is 5.13. The fraction of sp³-hybridized carbons (Fsp3) is 0.129. The van der Waals surface area contributed by atoms with Crippen molar-refractivity contribution >= 4 is 39.0 Å². The molecule has 0 fully saturated rings. The summed E-state index contributed by atoms with van der Waals surface area (Å²) >= 11 is 1.53. The third kappa shape index (κ3) is 6.54. The Kier molecular flexibility index (Phi) is 7.84. The monoisotopic (exact) mass is 599 g/mol. The number of imidazole rings is 1. The second-order valence-electron chi connectivity index (χ2n) is 9.68. The number of benzene rings is 2. The molecular formula is C31H24F3N7OS. The van der Waals surface area contributed by atoms with E-state index in [4.69, 9.17) is 0 Å². The zero-order valence-corrected chi connectivity index (χ0v) is 23.4. The number of nitrogens with zero attached hydrogens (tertiary/aromatic N) is 5. The highest BCUT2D eigenvalue weighted by atomic mass is 32.1. The van der Waals surface area contributed by atoms with Gasteiger partial charge in [0.05, 0.1) is 17.6 Å². The number of halogens is 3. The predicted octanol–water partition coefficient (Wildman–Crippen LogP) is 7.39. The molecule has 0 aliphatic heterocycles. The highest BCUT2D eigenvalue weighted by Gasteiger charge is 2.31. The molecule has 2 N–H and O–H groups in total. The fourth-order valence-electron chi connectivity index (χ4n) is 4.59. The average Bonchev–Trinajstić information content (AvgIpc) is 3.70. The predicted molar refractivity (Wildman–Crippen MR) is 161 cm³/mol. The lowest BCUT2D eigenvalue weighted by Crippen LogP contribution is -2.14. The van der Waals surface area contributed by atoms with Crippen molar-refractivity contribution in [2.24, 2.45) is 0 Å². The topological polar surface area (TPSA) is 97.6 Å². The molecule has 0 atom stereocenters. The minimum Gasteiger partial charge on any atom is -0.370 e. The van der Waals surface area contributed by atoms with Crippen LogP contribution in [0.15, 0.2) is 98.0 Å². The Hall–Kier alpha value is -5.10. The maximum absolute atomic E-state index is 13.1. The van der Waals surface area contributed by atoms with Crippen LogP contribution < -0.4 is 10.6 Å². The van der Waals surface area contributed by atoms with E-state index in [1.54, 1.807) is 36.9 Å². The number of aryl methyl sites for hydroxylation is 1. The number of fused-ring (bicyclic) bond motifs is 1. The SMILES string of the molecule is O=C(Nc1cccc(-c2ncnc3sc(-c4ccnc(NCCCn5ccnc5)c4)cc23)c1)c1cccc(C(F)(F)F)c1. The molecule has 0 aliphatic carbocycles. The Morgan fingerprint density at radius 2 is 1.81 bits per heavy atom. The lowest BCUT2D eigenvalue weighted by atomic mass is 10.1. The van der Waals surface area contributed by atoms with E-state index in [9.17, 15) is 18.0 Å². The number of anilines is 2.